The number of halogens is 4. The Morgan fingerprint density at radius 1 is 0.926 bits per heavy atom. The Balaban J connectivity index is 0.000000289. The van der Waals surface area contributed by atoms with Gasteiger partial charge in [0.25, 0.3) is 0 Å². The van der Waals surface area contributed by atoms with E-state index in [0.29, 0.717) is 0 Å². The van der Waals surface area contributed by atoms with E-state index in [-0.39, 0.29) is 44.8 Å². The highest BCUT2D eigenvalue weighted by atomic mass is 35.5. The summed E-state index contributed by atoms with van der Waals surface area (Å²) < 4.78 is 4.65. The van der Waals surface area contributed by atoms with Crippen LogP contribution in [0.25, 0.3) is 0 Å². The topological polar surface area (TPSA) is 106 Å². The van der Waals surface area contributed by atoms with Crippen molar-refractivity contribution in [3.05, 3.63) is 56.0 Å². The summed E-state index contributed by atoms with van der Waals surface area (Å²) in [6.45, 7) is 1.90. The van der Waals surface area contributed by atoms with E-state index in [1.165, 1.54) is 24.3 Å². The molecule has 0 aromatic carbocycles. The smallest absolute Gasteiger partial charge is 0.338 e. The van der Waals surface area contributed by atoms with Crippen LogP contribution in [0.5, 0.6) is 0 Å². The summed E-state index contributed by atoms with van der Waals surface area (Å²) >= 11 is 22.2. The molecule has 144 valence electrons. The number of hydrogen-bond donors (Lipinski definition) is 1. The molecule has 0 amide bonds. The van der Waals surface area contributed by atoms with Crippen molar-refractivity contribution in [3.63, 3.8) is 0 Å². The lowest BCUT2D eigenvalue weighted by atomic mass is 10.1. The number of carboxylic acid groups (broad SMARTS) is 1. The number of ketones is 1. The largest absolute Gasteiger partial charge is 0.478 e. The number of esters is 1. The number of aromatic nitrogens is 2. The highest BCUT2D eigenvalue weighted by molar-refractivity contribution is 6.35. The second kappa shape index (κ2) is 11.0. The highest BCUT2D eigenvalue weighted by Crippen LogP contribution is 2.18. The molecule has 0 fully saturated rings. The maximum absolute atomic E-state index is 11.6. The molecule has 27 heavy (non-hydrogen) atoms. The first-order chi connectivity index (χ1) is 12.6. The van der Waals surface area contributed by atoms with Gasteiger partial charge < -0.3 is 9.84 Å². The standard InChI is InChI=1S/C10H9Cl2NO3.C6H3Cl2NO2/c1-2-16-9(15)5-7(14)6-3-4-8(11)13-10(6)12;7-4-2-1-3(6(10)11)5(8)9-4/h3-4H,2,5H2,1H3;1-2H,(H,10,11). The second-order valence-electron chi connectivity index (χ2n) is 4.65. The minimum Gasteiger partial charge on any atom is -0.478 e. The molecule has 0 aliphatic rings. The number of hydrogen-bond acceptors (Lipinski definition) is 6. The third-order valence-electron chi connectivity index (χ3n) is 2.77. The van der Waals surface area contributed by atoms with Crippen LogP contribution in [-0.2, 0) is 9.53 Å². The normalized spacial score (nSPS) is 9.81. The maximum atomic E-state index is 11.6. The summed E-state index contributed by atoms with van der Waals surface area (Å²) in [6, 6.07) is 5.54. The summed E-state index contributed by atoms with van der Waals surface area (Å²) in [5.74, 6) is -2.13. The van der Waals surface area contributed by atoms with Crippen LogP contribution in [0.15, 0.2) is 24.3 Å². The Morgan fingerprint density at radius 3 is 1.81 bits per heavy atom. The third kappa shape index (κ3) is 7.68. The molecule has 0 radical (unpaired) electrons. The number of ether oxygens (including phenoxy) is 1. The second-order valence-corrected chi connectivity index (χ2v) is 6.15. The van der Waals surface area contributed by atoms with E-state index in [1.807, 2.05) is 0 Å². The molecule has 7 nitrogen and oxygen atoms in total. The summed E-state index contributed by atoms with van der Waals surface area (Å²) in [7, 11) is 0. The molecular formula is C16H12Cl4N2O5. The van der Waals surface area contributed by atoms with Crippen LogP contribution in [-0.4, -0.2) is 39.4 Å². The quantitative estimate of drug-likeness (QED) is 0.304. The Morgan fingerprint density at radius 2 is 1.41 bits per heavy atom. The molecule has 2 aromatic heterocycles. The minimum atomic E-state index is -1.11. The first-order valence-corrected chi connectivity index (χ1v) is 8.73. The summed E-state index contributed by atoms with van der Waals surface area (Å²) in [4.78, 5) is 40.3. The molecule has 0 bridgehead atoms. The minimum absolute atomic E-state index is 0.0122. The van der Waals surface area contributed by atoms with E-state index in [4.69, 9.17) is 51.5 Å². The lowest BCUT2D eigenvalue weighted by Gasteiger charge is -2.03. The lowest BCUT2D eigenvalue weighted by molar-refractivity contribution is -0.141. The highest BCUT2D eigenvalue weighted by Gasteiger charge is 2.16. The molecule has 0 atom stereocenters. The van der Waals surface area contributed by atoms with Gasteiger partial charge in [-0.15, -0.1) is 0 Å². The Hall–Kier alpha value is -1.93. The van der Waals surface area contributed by atoms with Crippen LogP contribution in [0.3, 0.4) is 0 Å². The lowest BCUT2D eigenvalue weighted by Crippen LogP contribution is -2.12. The molecule has 2 aromatic rings. The molecule has 0 unspecified atom stereocenters. The fraction of sp³-hybridized carbons (Fsp3) is 0.188. The van der Waals surface area contributed by atoms with Crippen molar-refractivity contribution < 1.29 is 24.2 Å². The van der Waals surface area contributed by atoms with Gasteiger partial charge in [-0.3, -0.25) is 9.59 Å². The molecule has 1 N–H and O–H groups in total. The third-order valence-corrected chi connectivity index (χ3v) is 3.77. The fourth-order valence-electron chi connectivity index (χ4n) is 1.63. The molecule has 11 heteroatoms. The van der Waals surface area contributed by atoms with Gasteiger partial charge in [-0.2, -0.15) is 0 Å². The first-order valence-electron chi connectivity index (χ1n) is 7.21. The number of carbonyl (C=O) groups is 3. The van der Waals surface area contributed by atoms with Crippen LogP contribution >= 0.6 is 46.4 Å². The zero-order valence-electron chi connectivity index (χ0n) is 13.7. The van der Waals surface area contributed by atoms with Gasteiger partial charge in [0, 0.05) is 0 Å². The van der Waals surface area contributed by atoms with E-state index in [1.54, 1.807) is 6.92 Å². The van der Waals surface area contributed by atoms with Crippen LogP contribution < -0.4 is 0 Å². The molecule has 0 aliphatic heterocycles. The molecule has 0 spiro atoms. The average molecular weight is 454 g/mol. The van der Waals surface area contributed by atoms with Gasteiger partial charge in [0.2, 0.25) is 0 Å². The Bertz CT molecular complexity index is 861. The number of aromatic carboxylic acids is 1. The summed E-state index contributed by atoms with van der Waals surface area (Å²) in [5, 5.41) is 8.76. The summed E-state index contributed by atoms with van der Waals surface area (Å²) in [6.07, 6.45) is -0.350. The van der Waals surface area contributed by atoms with Gasteiger partial charge in [0.15, 0.2) is 5.78 Å². The van der Waals surface area contributed by atoms with Gasteiger partial charge in [-0.25, -0.2) is 14.8 Å². The van der Waals surface area contributed by atoms with Crippen LogP contribution in [0.2, 0.25) is 20.6 Å². The van der Waals surface area contributed by atoms with E-state index < -0.39 is 17.7 Å². The average Bonchev–Trinajstić information content (AvgIpc) is 2.54. The van der Waals surface area contributed by atoms with Gasteiger partial charge >= 0.3 is 11.9 Å². The van der Waals surface area contributed by atoms with E-state index in [9.17, 15) is 14.4 Å². The van der Waals surface area contributed by atoms with E-state index >= 15 is 0 Å². The number of nitrogens with zero attached hydrogens (tertiary/aromatic N) is 2. The number of rotatable bonds is 5. The molecule has 0 saturated carbocycles. The van der Waals surface area contributed by atoms with Crippen molar-refractivity contribution in [2.24, 2.45) is 0 Å². The number of Topliss-reactive ketones (excluding diaryl/α,β-unsaturated/α-hetero) is 1. The summed E-state index contributed by atoms with van der Waals surface area (Å²) in [5.41, 5.74) is 0.121. The zero-order valence-corrected chi connectivity index (χ0v) is 16.7. The van der Waals surface area contributed by atoms with Crippen molar-refractivity contribution in [2.75, 3.05) is 6.61 Å². The molecule has 2 rings (SSSR count). The predicted octanol–water partition coefficient (Wildman–Crippen LogP) is 4.61. The van der Waals surface area contributed by atoms with Crippen molar-refractivity contribution in [1.82, 2.24) is 9.97 Å². The van der Waals surface area contributed by atoms with Gasteiger partial charge in [0.05, 0.1) is 17.7 Å². The van der Waals surface area contributed by atoms with Gasteiger partial charge in [-0.05, 0) is 31.2 Å². The predicted molar refractivity (Wildman–Crippen MR) is 101 cm³/mol. The fourth-order valence-corrected chi connectivity index (χ4v) is 2.51. The van der Waals surface area contributed by atoms with Crippen molar-refractivity contribution >= 4 is 64.1 Å². The van der Waals surface area contributed by atoms with Crippen LogP contribution in [0.1, 0.15) is 34.1 Å². The van der Waals surface area contributed by atoms with Crippen LogP contribution in [0.4, 0.5) is 0 Å². The van der Waals surface area contributed by atoms with E-state index in [0.717, 1.165) is 0 Å². The molecule has 0 saturated heterocycles. The van der Waals surface area contributed by atoms with Gasteiger partial charge in [0.1, 0.15) is 27.0 Å². The van der Waals surface area contributed by atoms with Crippen LogP contribution in [0, 0.1) is 0 Å². The molecular weight excluding hydrogens is 442 g/mol. The molecule has 0 aliphatic carbocycles. The first kappa shape index (κ1) is 23.1. The monoisotopic (exact) mass is 452 g/mol. The van der Waals surface area contributed by atoms with E-state index in [2.05, 4.69) is 14.7 Å². The Kier molecular flexibility index (Phi) is 9.45. The maximum Gasteiger partial charge on any atom is 0.338 e. The Labute approximate surface area is 174 Å². The SMILES string of the molecule is CCOC(=O)CC(=O)c1ccc(Cl)nc1Cl.O=C(O)c1ccc(Cl)nc1Cl. The molecule has 2 heterocycles. The zero-order chi connectivity index (χ0) is 20.6. The van der Waals surface area contributed by atoms with Crippen molar-refractivity contribution in [1.29, 1.82) is 0 Å². The number of pyridine rings is 2. The number of carbonyl (C=O) groups excluding carboxylic acids is 2. The van der Waals surface area contributed by atoms with Gasteiger partial charge in [-0.1, -0.05) is 46.4 Å². The van der Waals surface area contributed by atoms with Crippen molar-refractivity contribution in [2.45, 2.75) is 13.3 Å². The van der Waals surface area contributed by atoms with Crippen molar-refractivity contribution in [3.8, 4) is 0 Å². The number of carboxylic acids is 1.